The monoisotopic (exact) mass is 281 g/mol. The zero-order valence-corrected chi connectivity index (χ0v) is 14.5. The Labute approximate surface area is 126 Å². The quantitative estimate of drug-likeness (QED) is 0.807. The standard InChI is InChI=1S/C18H35NO/c1-16(2,3)19-13-18(9-10-20-17(4,5)6)12-14-7-8-15(18)11-14/h14-15,19H,7-13H2,1-6H3. The Morgan fingerprint density at radius 3 is 2.25 bits per heavy atom. The zero-order valence-electron chi connectivity index (χ0n) is 14.5. The van der Waals surface area contributed by atoms with Crippen LogP contribution in [0.15, 0.2) is 0 Å². The van der Waals surface area contributed by atoms with E-state index in [9.17, 15) is 0 Å². The average molecular weight is 281 g/mol. The third-order valence-corrected chi connectivity index (χ3v) is 5.21. The largest absolute Gasteiger partial charge is 0.376 e. The van der Waals surface area contributed by atoms with Gasteiger partial charge in [0.1, 0.15) is 0 Å². The maximum absolute atomic E-state index is 6.03. The fourth-order valence-corrected chi connectivity index (χ4v) is 4.17. The van der Waals surface area contributed by atoms with Crippen molar-refractivity contribution in [3.63, 3.8) is 0 Å². The second-order valence-corrected chi connectivity index (χ2v) is 9.26. The van der Waals surface area contributed by atoms with Crippen molar-refractivity contribution in [1.82, 2.24) is 5.32 Å². The molecule has 0 saturated heterocycles. The molecule has 2 heteroatoms. The summed E-state index contributed by atoms with van der Waals surface area (Å²) >= 11 is 0. The summed E-state index contributed by atoms with van der Waals surface area (Å²) in [6.07, 6.45) is 7.05. The smallest absolute Gasteiger partial charge is 0.0598 e. The van der Waals surface area contributed by atoms with Crippen molar-refractivity contribution in [3.8, 4) is 0 Å². The van der Waals surface area contributed by atoms with Crippen LogP contribution in [-0.4, -0.2) is 24.3 Å². The van der Waals surface area contributed by atoms with E-state index < -0.39 is 0 Å². The molecule has 2 fully saturated rings. The third-order valence-electron chi connectivity index (χ3n) is 5.21. The highest BCUT2D eigenvalue weighted by Crippen LogP contribution is 2.57. The van der Waals surface area contributed by atoms with Crippen LogP contribution >= 0.6 is 0 Å². The van der Waals surface area contributed by atoms with Crippen molar-refractivity contribution in [2.24, 2.45) is 17.3 Å². The Bertz CT molecular complexity index is 325. The van der Waals surface area contributed by atoms with E-state index in [0.29, 0.717) is 5.41 Å². The lowest BCUT2D eigenvalue weighted by Gasteiger charge is -2.41. The third kappa shape index (κ3) is 4.21. The summed E-state index contributed by atoms with van der Waals surface area (Å²) in [5, 5.41) is 3.78. The van der Waals surface area contributed by atoms with Crippen LogP contribution in [-0.2, 0) is 4.74 Å². The summed E-state index contributed by atoms with van der Waals surface area (Å²) in [6, 6.07) is 0. The van der Waals surface area contributed by atoms with Gasteiger partial charge in [0.25, 0.3) is 0 Å². The predicted octanol–water partition coefficient (Wildman–Crippen LogP) is 4.39. The minimum Gasteiger partial charge on any atom is -0.376 e. The number of fused-ring (bicyclic) bond motifs is 2. The lowest BCUT2D eigenvalue weighted by Crippen LogP contribution is -2.46. The van der Waals surface area contributed by atoms with E-state index in [4.69, 9.17) is 4.74 Å². The van der Waals surface area contributed by atoms with Crippen molar-refractivity contribution < 1.29 is 4.74 Å². The fraction of sp³-hybridized carbons (Fsp3) is 1.00. The molecule has 2 rings (SSSR count). The van der Waals surface area contributed by atoms with Gasteiger partial charge in [0.15, 0.2) is 0 Å². The van der Waals surface area contributed by atoms with Gasteiger partial charge in [0.05, 0.1) is 5.60 Å². The topological polar surface area (TPSA) is 21.3 Å². The minimum atomic E-state index is -0.00371. The molecule has 2 aliphatic carbocycles. The first-order chi connectivity index (χ1) is 9.10. The van der Waals surface area contributed by atoms with Crippen LogP contribution in [0.1, 0.15) is 73.6 Å². The average Bonchev–Trinajstić information content (AvgIpc) is 2.84. The molecule has 2 nitrogen and oxygen atoms in total. The molecular formula is C18H35NO. The molecule has 2 bridgehead atoms. The van der Waals surface area contributed by atoms with Crippen LogP contribution in [0.2, 0.25) is 0 Å². The molecule has 0 aliphatic heterocycles. The molecule has 0 aromatic rings. The van der Waals surface area contributed by atoms with Gasteiger partial charge in [-0.3, -0.25) is 0 Å². The van der Waals surface area contributed by atoms with Gasteiger partial charge < -0.3 is 10.1 Å². The predicted molar refractivity (Wildman–Crippen MR) is 86.0 cm³/mol. The number of rotatable bonds is 5. The maximum Gasteiger partial charge on any atom is 0.0598 e. The van der Waals surface area contributed by atoms with E-state index in [1.807, 2.05) is 0 Å². The van der Waals surface area contributed by atoms with Gasteiger partial charge in [-0.25, -0.2) is 0 Å². The van der Waals surface area contributed by atoms with Crippen molar-refractivity contribution in [2.45, 2.75) is 84.8 Å². The van der Waals surface area contributed by atoms with Crippen molar-refractivity contribution >= 4 is 0 Å². The van der Waals surface area contributed by atoms with E-state index >= 15 is 0 Å². The van der Waals surface area contributed by atoms with E-state index in [0.717, 1.165) is 18.4 Å². The molecule has 0 aromatic heterocycles. The molecule has 0 aromatic carbocycles. The van der Waals surface area contributed by atoms with Gasteiger partial charge in [0, 0.05) is 18.7 Å². The number of hydrogen-bond acceptors (Lipinski definition) is 2. The lowest BCUT2D eigenvalue weighted by atomic mass is 9.70. The second kappa shape index (κ2) is 5.61. The Morgan fingerprint density at radius 1 is 1.10 bits per heavy atom. The molecule has 0 radical (unpaired) electrons. The van der Waals surface area contributed by atoms with Gasteiger partial charge in [-0.1, -0.05) is 6.42 Å². The molecule has 1 N–H and O–H groups in total. The van der Waals surface area contributed by atoms with Gasteiger partial charge >= 0.3 is 0 Å². The summed E-state index contributed by atoms with van der Waals surface area (Å²) in [6.45, 7) is 15.4. The first kappa shape index (κ1) is 16.3. The van der Waals surface area contributed by atoms with Gasteiger partial charge in [-0.2, -0.15) is 0 Å². The SMILES string of the molecule is CC(C)(C)NCC1(CCOC(C)(C)C)CC2CCC1C2. The fourth-order valence-electron chi connectivity index (χ4n) is 4.17. The highest BCUT2D eigenvalue weighted by Gasteiger charge is 2.50. The molecule has 0 amide bonds. The summed E-state index contributed by atoms with van der Waals surface area (Å²) in [7, 11) is 0. The Balaban J connectivity index is 1.95. The second-order valence-electron chi connectivity index (χ2n) is 9.26. The summed E-state index contributed by atoms with van der Waals surface area (Å²) in [5.74, 6) is 1.93. The van der Waals surface area contributed by atoms with Crippen LogP contribution in [0.3, 0.4) is 0 Å². The van der Waals surface area contributed by atoms with Crippen LogP contribution in [0, 0.1) is 17.3 Å². The summed E-state index contributed by atoms with van der Waals surface area (Å²) in [4.78, 5) is 0. The van der Waals surface area contributed by atoms with E-state index in [1.165, 1.54) is 38.6 Å². The van der Waals surface area contributed by atoms with E-state index in [2.05, 4.69) is 46.9 Å². The highest BCUT2D eigenvalue weighted by atomic mass is 16.5. The molecule has 0 spiro atoms. The maximum atomic E-state index is 6.03. The molecular weight excluding hydrogens is 246 g/mol. The van der Waals surface area contributed by atoms with Crippen LogP contribution in [0.4, 0.5) is 0 Å². The molecule has 20 heavy (non-hydrogen) atoms. The molecule has 3 atom stereocenters. The Morgan fingerprint density at radius 2 is 1.80 bits per heavy atom. The molecule has 0 heterocycles. The summed E-state index contributed by atoms with van der Waals surface area (Å²) < 4.78 is 6.03. The molecule has 118 valence electrons. The molecule has 2 aliphatic rings. The van der Waals surface area contributed by atoms with Crippen molar-refractivity contribution in [1.29, 1.82) is 0 Å². The van der Waals surface area contributed by atoms with Crippen molar-refractivity contribution in [2.75, 3.05) is 13.2 Å². The molecule has 2 saturated carbocycles. The first-order valence-electron chi connectivity index (χ1n) is 8.49. The summed E-state index contributed by atoms with van der Waals surface area (Å²) in [5.41, 5.74) is 0.720. The Hall–Kier alpha value is -0.0800. The van der Waals surface area contributed by atoms with E-state index in [1.54, 1.807) is 0 Å². The van der Waals surface area contributed by atoms with Crippen LogP contribution in [0.25, 0.3) is 0 Å². The van der Waals surface area contributed by atoms with E-state index in [-0.39, 0.29) is 11.1 Å². The van der Waals surface area contributed by atoms with Gasteiger partial charge in [-0.05, 0) is 84.5 Å². The van der Waals surface area contributed by atoms with Gasteiger partial charge in [0.2, 0.25) is 0 Å². The lowest BCUT2D eigenvalue weighted by molar-refractivity contribution is -0.0276. The van der Waals surface area contributed by atoms with Crippen LogP contribution in [0.5, 0.6) is 0 Å². The zero-order chi connectivity index (χ0) is 15.0. The number of hydrogen-bond donors (Lipinski definition) is 1. The highest BCUT2D eigenvalue weighted by molar-refractivity contribution is 5.02. The van der Waals surface area contributed by atoms with Gasteiger partial charge in [-0.15, -0.1) is 0 Å². The van der Waals surface area contributed by atoms with Crippen molar-refractivity contribution in [3.05, 3.63) is 0 Å². The number of nitrogens with one attached hydrogen (secondary N) is 1. The minimum absolute atomic E-state index is 0.00371. The number of ether oxygens (including phenoxy) is 1. The van der Waals surface area contributed by atoms with Crippen LogP contribution < -0.4 is 5.32 Å². The molecule has 3 unspecified atom stereocenters. The Kier molecular flexibility index (Phi) is 4.57. The normalized spacial score (nSPS) is 33.9. The first-order valence-corrected chi connectivity index (χ1v) is 8.49.